The zero-order valence-corrected chi connectivity index (χ0v) is 18.9. The Kier molecular flexibility index (Phi) is 7.01. The van der Waals surface area contributed by atoms with Crippen LogP contribution in [-0.4, -0.2) is 46.8 Å². The summed E-state index contributed by atoms with van der Waals surface area (Å²) in [6, 6.07) is 0. The van der Waals surface area contributed by atoms with Crippen LogP contribution >= 0.6 is 0 Å². The molecule has 0 aromatic carbocycles. The Hall–Kier alpha value is -0.355. The summed E-state index contributed by atoms with van der Waals surface area (Å²) in [5, 5.41) is 0. The van der Waals surface area contributed by atoms with Crippen molar-refractivity contribution < 1.29 is 18.8 Å². The predicted octanol–water partition coefficient (Wildman–Crippen LogP) is 4.84. The Morgan fingerprint density at radius 1 is 0.929 bits per heavy atom. The van der Waals surface area contributed by atoms with E-state index in [9.17, 15) is 0 Å². The highest BCUT2D eigenvalue weighted by Crippen LogP contribution is 2.69. The lowest BCUT2D eigenvalue weighted by Gasteiger charge is -2.68. The number of hydrogen-bond donors (Lipinski definition) is 0. The fourth-order valence-electron chi connectivity index (χ4n) is 7.45. The molecule has 1 unspecified atom stereocenters. The van der Waals surface area contributed by atoms with Gasteiger partial charge in [0.2, 0.25) is 0 Å². The van der Waals surface area contributed by atoms with Crippen molar-refractivity contribution in [2.75, 3.05) is 27.4 Å². The second kappa shape index (κ2) is 8.79. The van der Waals surface area contributed by atoms with Crippen LogP contribution in [-0.2, 0) is 18.8 Å². The average Bonchev–Trinajstić information content (AvgIpc) is 2.72. The monoisotopic (exact) mass is 392 g/mol. The Balaban J connectivity index is 2.26. The molecule has 3 aliphatic rings. The van der Waals surface area contributed by atoms with Crippen LogP contribution in [0.2, 0.25) is 6.32 Å². The summed E-state index contributed by atoms with van der Waals surface area (Å²) >= 11 is 0. The minimum absolute atomic E-state index is 0.0949. The molecule has 0 aromatic rings. The maximum absolute atomic E-state index is 6.85. The van der Waals surface area contributed by atoms with Crippen molar-refractivity contribution in [3.63, 3.8) is 0 Å². The Bertz CT molecular complexity index is 501. The van der Waals surface area contributed by atoms with Gasteiger partial charge in [-0.25, -0.2) is 0 Å². The van der Waals surface area contributed by atoms with Gasteiger partial charge in [0.25, 0.3) is 0 Å². The van der Waals surface area contributed by atoms with Gasteiger partial charge in [0.05, 0.1) is 25.4 Å². The van der Waals surface area contributed by atoms with Crippen molar-refractivity contribution in [1.29, 1.82) is 0 Å². The molecule has 4 bridgehead atoms. The Morgan fingerprint density at radius 3 is 1.68 bits per heavy atom. The van der Waals surface area contributed by atoms with Crippen LogP contribution in [0.5, 0.6) is 0 Å². The molecule has 5 heteroatoms. The number of methoxy groups -OCH3 is 2. The molecule has 28 heavy (non-hydrogen) atoms. The minimum Gasteiger partial charge on any atom is -0.407 e. The number of allylic oxidation sites excluding steroid dienone is 1. The first-order valence-corrected chi connectivity index (χ1v) is 11.4. The molecule has 0 aromatic heterocycles. The molecule has 0 N–H and O–H groups in total. The minimum atomic E-state index is -0.221. The highest BCUT2D eigenvalue weighted by Gasteiger charge is 2.73. The number of rotatable bonds is 8. The van der Waals surface area contributed by atoms with Crippen LogP contribution in [0.15, 0.2) is 12.7 Å². The maximum atomic E-state index is 6.85. The van der Waals surface area contributed by atoms with Crippen molar-refractivity contribution in [3.05, 3.63) is 12.7 Å². The van der Waals surface area contributed by atoms with E-state index in [1.165, 1.54) is 12.8 Å². The molecule has 1 saturated heterocycles. The van der Waals surface area contributed by atoms with Crippen LogP contribution in [0.1, 0.15) is 53.4 Å². The molecule has 2 saturated carbocycles. The van der Waals surface area contributed by atoms with E-state index in [0.29, 0.717) is 36.9 Å². The summed E-state index contributed by atoms with van der Waals surface area (Å²) in [7, 11) is 3.47. The van der Waals surface area contributed by atoms with Gasteiger partial charge in [-0.2, -0.15) is 0 Å². The molecule has 0 amide bonds. The maximum Gasteiger partial charge on any atom is 0.461 e. The highest BCUT2D eigenvalue weighted by atomic mass is 16.6. The summed E-state index contributed by atoms with van der Waals surface area (Å²) in [5.74, 6) is 2.03. The van der Waals surface area contributed by atoms with Gasteiger partial charge >= 0.3 is 7.12 Å². The lowest BCUT2D eigenvalue weighted by atomic mass is 9.39. The SMILES string of the molecule is C=CCB1O[C@@H]2C(CC)C[C@@H](C)[C@]3(COC)[C@H](O1)[C@H](CC)C[C@@H](C)[C@]23COC. The smallest absolute Gasteiger partial charge is 0.407 e. The number of ether oxygens (including phenoxy) is 2. The third kappa shape index (κ3) is 3.03. The molecule has 0 radical (unpaired) electrons. The molecule has 1 heterocycles. The second-order valence-corrected chi connectivity index (χ2v) is 9.62. The first-order valence-electron chi connectivity index (χ1n) is 11.4. The Morgan fingerprint density at radius 2 is 1.36 bits per heavy atom. The molecule has 3 rings (SSSR count). The fraction of sp³-hybridized carbons (Fsp3) is 0.913. The van der Waals surface area contributed by atoms with Gasteiger partial charge in [-0.3, -0.25) is 0 Å². The highest BCUT2D eigenvalue weighted by molar-refractivity contribution is 6.45. The molecule has 8 atom stereocenters. The van der Waals surface area contributed by atoms with E-state index in [1.807, 2.05) is 20.3 Å². The summed E-state index contributed by atoms with van der Waals surface area (Å²) in [4.78, 5) is 0. The largest absolute Gasteiger partial charge is 0.461 e. The molecular formula is C23H41BO4. The van der Waals surface area contributed by atoms with Crippen LogP contribution in [0, 0.1) is 34.5 Å². The lowest BCUT2D eigenvalue weighted by Crippen LogP contribution is -2.72. The van der Waals surface area contributed by atoms with Crippen LogP contribution in [0.4, 0.5) is 0 Å². The van der Waals surface area contributed by atoms with Gasteiger partial charge in [-0.05, 0) is 36.5 Å². The van der Waals surface area contributed by atoms with Gasteiger partial charge in [-0.15, -0.1) is 6.58 Å². The first kappa shape index (κ1) is 22.3. The third-order valence-corrected chi connectivity index (χ3v) is 8.58. The van der Waals surface area contributed by atoms with Gasteiger partial charge < -0.3 is 18.8 Å². The van der Waals surface area contributed by atoms with Gasteiger partial charge in [0.15, 0.2) is 0 Å². The van der Waals surface area contributed by atoms with E-state index in [2.05, 4.69) is 34.3 Å². The van der Waals surface area contributed by atoms with Crippen molar-refractivity contribution in [3.8, 4) is 0 Å². The van der Waals surface area contributed by atoms with Crippen LogP contribution in [0.3, 0.4) is 0 Å². The molecule has 160 valence electrons. The lowest BCUT2D eigenvalue weighted by molar-refractivity contribution is -0.271. The summed E-state index contributed by atoms with van der Waals surface area (Å²) in [6.45, 7) is 14.8. The van der Waals surface area contributed by atoms with Gasteiger partial charge in [0.1, 0.15) is 0 Å². The standard InChI is InChI=1S/C23H41BO4/c1-8-11-24-27-20-18(9-2)12-16(4)23(15-26-7)21(28-24)19(10-3)13-17(5)22(20,23)14-25-6/h8,16-21H,1,9-15H2,2-7H3/t16-,17-,18-,19?,20-,21-,22-,23-/m1/s1. The zero-order chi connectivity index (χ0) is 20.5. The summed E-state index contributed by atoms with van der Waals surface area (Å²) in [6.07, 6.45) is 7.51. The van der Waals surface area contributed by atoms with Crippen LogP contribution in [0.25, 0.3) is 0 Å². The molecule has 3 fully saturated rings. The molecule has 4 nitrogen and oxygen atoms in total. The van der Waals surface area contributed by atoms with E-state index in [1.54, 1.807) is 0 Å². The quantitative estimate of drug-likeness (QED) is 0.437. The van der Waals surface area contributed by atoms with E-state index >= 15 is 0 Å². The summed E-state index contributed by atoms with van der Waals surface area (Å²) < 4.78 is 25.7. The van der Waals surface area contributed by atoms with E-state index in [-0.39, 0.29) is 30.2 Å². The van der Waals surface area contributed by atoms with Crippen molar-refractivity contribution in [2.45, 2.75) is 71.9 Å². The van der Waals surface area contributed by atoms with Crippen molar-refractivity contribution in [2.24, 2.45) is 34.5 Å². The van der Waals surface area contributed by atoms with Gasteiger partial charge in [0, 0.05) is 31.4 Å². The Labute approximate surface area is 172 Å². The molecular weight excluding hydrogens is 351 g/mol. The summed E-state index contributed by atoms with van der Waals surface area (Å²) in [5.41, 5.74) is -0.190. The van der Waals surface area contributed by atoms with Crippen molar-refractivity contribution >= 4 is 7.12 Å². The third-order valence-electron chi connectivity index (χ3n) is 8.58. The molecule has 2 aliphatic carbocycles. The van der Waals surface area contributed by atoms with Gasteiger partial charge in [-0.1, -0.05) is 46.6 Å². The molecule has 1 aliphatic heterocycles. The first-order chi connectivity index (χ1) is 13.5. The molecule has 0 spiro atoms. The second-order valence-electron chi connectivity index (χ2n) is 9.62. The zero-order valence-electron chi connectivity index (χ0n) is 18.9. The van der Waals surface area contributed by atoms with Crippen molar-refractivity contribution in [1.82, 2.24) is 0 Å². The van der Waals surface area contributed by atoms with E-state index in [4.69, 9.17) is 18.8 Å². The fourth-order valence-corrected chi connectivity index (χ4v) is 7.45. The van der Waals surface area contributed by atoms with E-state index < -0.39 is 0 Å². The number of hydrogen-bond acceptors (Lipinski definition) is 4. The normalized spacial score (nSPS) is 45.6. The predicted molar refractivity (Wildman–Crippen MR) is 114 cm³/mol. The topological polar surface area (TPSA) is 36.9 Å². The van der Waals surface area contributed by atoms with E-state index in [0.717, 1.165) is 19.2 Å². The average molecular weight is 392 g/mol. The van der Waals surface area contributed by atoms with Crippen LogP contribution < -0.4 is 0 Å².